The highest BCUT2D eigenvalue weighted by Gasteiger charge is 2.32. The molecule has 110 valence electrons. The van der Waals surface area contributed by atoms with Gasteiger partial charge in [0.15, 0.2) is 4.91 Å². The van der Waals surface area contributed by atoms with Crippen molar-refractivity contribution in [1.82, 2.24) is 0 Å². The monoisotopic (exact) mass is 330 g/mol. The highest BCUT2D eigenvalue weighted by Crippen LogP contribution is 2.40. The van der Waals surface area contributed by atoms with Gasteiger partial charge < -0.3 is 4.90 Å². The lowest BCUT2D eigenvalue weighted by Crippen LogP contribution is -2.21. The lowest BCUT2D eigenvalue weighted by molar-refractivity contribution is 0.602. The van der Waals surface area contributed by atoms with Gasteiger partial charge in [0, 0.05) is 16.9 Å². The fraction of sp³-hybridized carbons (Fsp3) is 0.0625. The van der Waals surface area contributed by atoms with Crippen LogP contribution < -0.4 is 4.90 Å². The number of hydrogen-bond acceptors (Lipinski definition) is 4. The van der Waals surface area contributed by atoms with E-state index in [1.165, 1.54) is 18.3 Å². The molecule has 0 radical (unpaired) electrons. The predicted molar refractivity (Wildman–Crippen MR) is 85.7 cm³/mol. The zero-order valence-corrected chi connectivity index (χ0v) is 13.2. The number of aryl methyl sites for hydroxylation is 1. The van der Waals surface area contributed by atoms with E-state index >= 15 is 0 Å². The summed E-state index contributed by atoms with van der Waals surface area (Å²) in [5, 5.41) is 9.61. The molecule has 2 aromatic carbocycles. The average Bonchev–Trinajstić information content (AvgIpc) is 2.47. The molecule has 0 saturated carbocycles. The second-order valence-corrected chi connectivity index (χ2v) is 7.25. The predicted octanol–water partition coefficient (Wildman–Crippen LogP) is 3.94. The number of nitrogens with zero attached hydrogens (tertiary/aromatic N) is 2. The highest BCUT2D eigenvalue weighted by atomic mass is 35.5. The Kier molecular flexibility index (Phi) is 3.44. The third kappa shape index (κ3) is 2.27. The van der Waals surface area contributed by atoms with Crippen molar-refractivity contribution < 1.29 is 8.42 Å². The summed E-state index contributed by atoms with van der Waals surface area (Å²) in [6, 6.07) is 13.9. The molecule has 3 rings (SSSR count). The first-order valence-corrected chi connectivity index (χ1v) is 8.32. The summed E-state index contributed by atoms with van der Waals surface area (Å²) in [7, 11) is -3.80. The van der Waals surface area contributed by atoms with Crippen molar-refractivity contribution in [3.05, 3.63) is 64.2 Å². The van der Waals surface area contributed by atoms with E-state index in [4.69, 9.17) is 11.6 Å². The molecule has 22 heavy (non-hydrogen) atoms. The standard InChI is InChI=1S/C16H11ClN2O2S/c1-11-3-2-4-13(7-11)19-10-14(9-18)22(20,21)16-6-5-12(17)8-15(16)19/h2-8,10H,1H3. The lowest BCUT2D eigenvalue weighted by atomic mass is 10.2. The summed E-state index contributed by atoms with van der Waals surface area (Å²) in [6.45, 7) is 1.94. The van der Waals surface area contributed by atoms with E-state index in [1.807, 2.05) is 31.2 Å². The normalized spacial score (nSPS) is 15.7. The van der Waals surface area contributed by atoms with Gasteiger partial charge in [-0.3, -0.25) is 0 Å². The molecular formula is C16H11ClN2O2S. The smallest absolute Gasteiger partial charge is 0.220 e. The van der Waals surface area contributed by atoms with Crippen LogP contribution in [-0.2, 0) is 9.84 Å². The average molecular weight is 331 g/mol. The van der Waals surface area contributed by atoms with Gasteiger partial charge in [-0.25, -0.2) is 8.42 Å². The van der Waals surface area contributed by atoms with Crippen LogP contribution in [0.25, 0.3) is 0 Å². The van der Waals surface area contributed by atoms with Crippen LogP contribution in [0.2, 0.25) is 5.02 Å². The minimum Gasteiger partial charge on any atom is -0.314 e. The van der Waals surface area contributed by atoms with Crippen LogP contribution in [0.15, 0.2) is 58.5 Å². The lowest BCUT2D eigenvalue weighted by Gasteiger charge is -2.27. The quantitative estimate of drug-likeness (QED) is 0.794. The molecule has 1 heterocycles. The molecule has 0 N–H and O–H groups in total. The number of rotatable bonds is 1. The second-order valence-electron chi connectivity index (χ2n) is 4.93. The molecule has 6 heteroatoms. The van der Waals surface area contributed by atoms with E-state index in [-0.39, 0.29) is 9.80 Å². The number of anilines is 2. The first-order chi connectivity index (χ1) is 10.4. The zero-order valence-electron chi connectivity index (χ0n) is 11.6. The molecule has 0 atom stereocenters. The molecule has 4 nitrogen and oxygen atoms in total. The third-order valence-corrected chi connectivity index (χ3v) is 5.33. The number of sulfone groups is 1. The molecule has 1 aliphatic heterocycles. The van der Waals surface area contributed by atoms with E-state index < -0.39 is 9.84 Å². The van der Waals surface area contributed by atoms with E-state index in [0.29, 0.717) is 10.7 Å². The highest BCUT2D eigenvalue weighted by molar-refractivity contribution is 7.95. The van der Waals surface area contributed by atoms with Gasteiger partial charge in [-0.2, -0.15) is 5.26 Å². The number of allylic oxidation sites excluding steroid dienone is 1. The minimum atomic E-state index is -3.80. The maximum atomic E-state index is 12.4. The number of benzene rings is 2. The van der Waals surface area contributed by atoms with E-state index in [0.717, 1.165) is 11.3 Å². The Hall–Kier alpha value is -2.29. The van der Waals surface area contributed by atoms with Crippen molar-refractivity contribution in [2.45, 2.75) is 11.8 Å². The van der Waals surface area contributed by atoms with Gasteiger partial charge in [-0.15, -0.1) is 0 Å². The van der Waals surface area contributed by atoms with Crippen LogP contribution in [0.4, 0.5) is 11.4 Å². The SMILES string of the molecule is Cc1cccc(N2C=C(C#N)S(=O)(=O)c3ccc(Cl)cc32)c1. The van der Waals surface area contributed by atoms with Gasteiger partial charge in [0.1, 0.15) is 6.07 Å². The summed E-state index contributed by atoms with van der Waals surface area (Å²) in [5.41, 5.74) is 2.24. The van der Waals surface area contributed by atoms with Crippen molar-refractivity contribution in [3.8, 4) is 6.07 Å². The molecule has 0 saturated heterocycles. The summed E-state index contributed by atoms with van der Waals surface area (Å²) in [5.74, 6) is 0. The molecule has 0 aliphatic carbocycles. The van der Waals surface area contributed by atoms with Gasteiger partial charge >= 0.3 is 0 Å². The summed E-state index contributed by atoms with van der Waals surface area (Å²) < 4.78 is 24.9. The summed E-state index contributed by atoms with van der Waals surface area (Å²) in [6.07, 6.45) is 1.34. The first-order valence-electron chi connectivity index (χ1n) is 6.46. The van der Waals surface area contributed by atoms with Crippen molar-refractivity contribution in [2.75, 3.05) is 4.90 Å². The van der Waals surface area contributed by atoms with Crippen LogP contribution in [0.3, 0.4) is 0 Å². The Bertz CT molecular complexity index is 943. The Morgan fingerprint density at radius 1 is 1.18 bits per heavy atom. The number of nitriles is 1. The minimum absolute atomic E-state index is 0.0810. The van der Waals surface area contributed by atoms with Crippen molar-refractivity contribution in [3.63, 3.8) is 0 Å². The molecule has 0 unspecified atom stereocenters. The summed E-state index contributed by atoms with van der Waals surface area (Å²) >= 11 is 6.02. The maximum Gasteiger partial charge on any atom is 0.220 e. The van der Waals surface area contributed by atoms with Crippen molar-refractivity contribution >= 4 is 32.8 Å². The maximum absolute atomic E-state index is 12.4. The molecule has 0 amide bonds. The number of fused-ring (bicyclic) bond motifs is 1. The van der Waals surface area contributed by atoms with E-state index in [2.05, 4.69) is 0 Å². The summed E-state index contributed by atoms with van der Waals surface area (Å²) in [4.78, 5) is 1.47. The molecule has 0 spiro atoms. The molecular weight excluding hydrogens is 320 g/mol. The zero-order chi connectivity index (χ0) is 15.9. The first kappa shape index (κ1) is 14.6. The Morgan fingerprint density at radius 2 is 1.95 bits per heavy atom. The van der Waals surface area contributed by atoms with E-state index in [9.17, 15) is 13.7 Å². The fourth-order valence-electron chi connectivity index (χ4n) is 2.36. The Labute approximate surface area is 133 Å². The van der Waals surface area contributed by atoms with Gasteiger partial charge in [-0.1, -0.05) is 23.7 Å². The molecule has 1 aliphatic rings. The Morgan fingerprint density at radius 3 is 2.64 bits per heavy atom. The van der Waals surface area contributed by atoms with Crippen LogP contribution in [0.1, 0.15) is 5.56 Å². The van der Waals surface area contributed by atoms with Crippen LogP contribution >= 0.6 is 11.6 Å². The van der Waals surface area contributed by atoms with Gasteiger partial charge in [0.05, 0.1) is 10.6 Å². The van der Waals surface area contributed by atoms with Crippen LogP contribution in [0.5, 0.6) is 0 Å². The van der Waals surface area contributed by atoms with Crippen LogP contribution in [0, 0.1) is 18.3 Å². The van der Waals surface area contributed by atoms with Crippen LogP contribution in [-0.4, -0.2) is 8.42 Å². The molecule has 0 fully saturated rings. The third-order valence-electron chi connectivity index (χ3n) is 3.40. The van der Waals surface area contributed by atoms with Crippen molar-refractivity contribution in [2.24, 2.45) is 0 Å². The molecule has 0 bridgehead atoms. The second kappa shape index (κ2) is 5.16. The number of hydrogen-bond donors (Lipinski definition) is 0. The van der Waals surface area contributed by atoms with E-state index in [1.54, 1.807) is 17.0 Å². The van der Waals surface area contributed by atoms with Gasteiger partial charge in [0.2, 0.25) is 9.84 Å². The molecule has 0 aromatic heterocycles. The number of halogens is 1. The Balaban J connectivity index is 2.32. The largest absolute Gasteiger partial charge is 0.314 e. The van der Waals surface area contributed by atoms with Gasteiger partial charge in [0.25, 0.3) is 0 Å². The molecule has 2 aromatic rings. The van der Waals surface area contributed by atoms with Gasteiger partial charge in [-0.05, 0) is 42.8 Å². The topological polar surface area (TPSA) is 61.2 Å². The fourth-order valence-corrected chi connectivity index (χ4v) is 3.81. The van der Waals surface area contributed by atoms with Crippen molar-refractivity contribution in [1.29, 1.82) is 5.26 Å².